The summed E-state index contributed by atoms with van der Waals surface area (Å²) in [6, 6.07) is 31.4. The van der Waals surface area contributed by atoms with E-state index < -0.39 is 5.91 Å². The molecule has 0 fully saturated rings. The van der Waals surface area contributed by atoms with Crippen molar-refractivity contribution in [3.63, 3.8) is 0 Å². The number of rotatable bonds is 11. The van der Waals surface area contributed by atoms with Crippen LogP contribution in [0, 0.1) is 13.8 Å². The lowest BCUT2D eigenvalue weighted by molar-refractivity contribution is -0.118. The molecule has 2 N–H and O–H groups in total. The summed E-state index contributed by atoms with van der Waals surface area (Å²) in [6.07, 6.45) is 1.47. The van der Waals surface area contributed by atoms with Crippen LogP contribution >= 0.6 is 0 Å². The fourth-order valence-corrected chi connectivity index (χ4v) is 4.27. The quantitative estimate of drug-likeness (QED) is 0.151. The molecule has 5 aromatic rings. The summed E-state index contributed by atoms with van der Waals surface area (Å²) in [6.45, 7) is 4.17. The molecule has 212 valence electrons. The van der Waals surface area contributed by atoms with Crippen molar-refractivity contribution in [2.45, 2.75) is 20.5 Å². The monoisotopic (exact) mass is 562 g/mol. The van der Waals surface area contributed by atoms with Gasteiger partial charge in [-0.05, 0) is 92.2 Å². The third-order valence-electron chi connectivity index (χ3n) is 6.30. The Morgan fingerprint density at radius 3 is 2.36 bits per heavy atom. The van der Waals surface area contributed by atoms with Gasteiger partial charge >= 0.3 is 5.91 Å². The Kier molecular flexibility index (Phi) is 8.79. The van der Waals surface area contributed by atoms with Crippen LogP contribution in [0.25, 0.3) is 5.69 Å². The summed E-state index contributed by atoms with van der Waals surface area (Å²) in [7, 11) is 0. The van der Waals surface area contributed by atoms with Crippen LogP contribution in [-0.4, -0.2) is 29.2 Å². The molecule has 42 heavy (non-hydrogen) atoms. The molecule has 0 aliphatic heterocycles. The van der Waals surface area contributed by atoms with Gasteiger partial charge in [-0.15, -0.1) is 0 Å². The number of nitrogens with one attached hydrogen (secondary N) is 2. The number of aromatic nitrogens is 1. The molecular weight excluding hydrogens is 532 g/mol. The van der Waals surface area contributed by atoms with Crippen LogP contribution in [0.1, 0.15) is 33.3 Å². The highest BCUT2D eigenvalue weighted by atomic mass is 16.5. The molecule has 0 aliphatic carbocycles. The summed E-state index contributed by atoms with van der Waals surface area (Å²) >= 11 is 0. The number of ether oxygens (including phenoxy) is 2. The van der Waals surface area contributed by atoms with Crippen LogP contribution < -0.4 is 20.2 Å². The lowest BCUT2D eigenvalue weighted by Crippen LogP contribution is -2.20. The number of hydrazone groups is 1. The molecule has 3 aromatic carbocycles. The van der Waals surface area contributed by atoms with Crippen LogP contribution in [0.3, 0.4) is 0 Å². The summed E-state index contributed by atoms with van der Waals surface area (Å²) < 4.78 is 19.2. The molecule has 0 radical (unpaired) electrons. The van der Waals surface area contributed by atoms with Gasteiger partial charge in [-0.3, -0.25) is 9.59 Å². The number of amides is 2. The van der Waals surface area contributed by atoms with Gasteiger partial charge < -0.3 is 23.8 Å². The predicted octanol–water partition coefficient (Wildman–Crippen LogP) is 6.05. The second kappa shape index (κ2) is 13.2. The number of benzene rings is 3. The van der Waals surface area contributed by atoms with Crippen molar-refractivity contribution in [1.82, 2.24) is 9.99 Å². The molecule has 2 heterocycles. The van der Waals surface area contributed by atoms with E-state index >= 15 is 0 Å². The first-order chi connectivity index (χ1) is 20.4. The largest absolute Gasteiger partial charge is 0.486 e. The maximum atomic E-state index is 12.5. The SMILES string of the molecule is Cc1ccc(C)n1-c1ccc(OCc2ccc(C(=O)N/N=C/c3cccc(OCC(=O)Nc4ccccc4)c3)o2)cc1. The smallest absolute Gasteiger partial charge is 0.307 e. The van der Waals surface area contributed by atoms with E-state index in [9.17, 15) is 9.59 Å². The minimum Gasteiger partial charge on any atom is -0.486 e. The van der Waals surface area contributed by atoms with Crippen LogP contribution in [0.15, 0.2) is 113 Å². The van der Waals surface area contributed by atoms with Crippen molar-refractivity contribution < 1.29 is 23.5 Å². The standard InChI is InChI=1S/C33H30N4O5/c1-23-11-12-24(2)37(23)27-13-15-28(16-14-27)40-21-30-17-18-31(42-30)33(39)36-34-20-25-7-6-10-29(19-25)41-22-32(38)35-26-8-4-3-5-9-26/h3-20H,21-22H2,1-2H3,(H,35,38)(H,36,39)/b34-20+. The lowest BCUT2D eigenvalue weighted by Gasteiger charge is -2.10. The fraction of sp³-hybridized carbons (Fsp3) is 0.121. The molecule has 2 aromatic heterocycles. The zero-order valence-corrected chi connectivity index (χ0v) is 23.2. The van der Waals surface area contributed by atoms with Gasteiger partial charge in [0.25, 0.3) is 5.91 Å². The molecular formula is C33H30N4O5. The van der Waals surface area contributed by atoms with Crippen molar-refractivity contribution >= 4 is 23.7 Å². The van der Waals surface area contributed by atoms with Crippen LogP contribution in [0.5, 0.6) is 11.5 Å². The van der Waals surface area contributed by atoms with E-state index in [0.717, 1.165) is 17.1 Å². The van der Waals surface area contributed by atoms with Crippen molar-refractivity contribution in [2.75, 3.05) is 11.9 Å². The molecule has 9 heteroatoms. The maximum absolute atomic E-state index is 12.5. The average molecular weight is 563 g/mol. The lowest BCUT2D eigenvalue weighted by atomic mass is 10.2. The van der Waals surface area contributed by atoms with Crippen molar-refractivity contribution in [2.24, 2.45) is 5.10 Å². The molecule has 0 bridgehead atoms. The topological polar surface area (TPSA) is 107 Å². The fourth-order valence-electron chi connectivity index (χ4n) is 4.27. The molecule has 0 atom stereocenters. The van der Waals surface area contributed by atoms with E-state index in [1.165, 1.54) is 6.21 Å². The number of carbonyl (C=O) groups excluding carboxylic acids is 2. The number of aryl methyl sites for hydroxylation is 2. The number of anilines is 1. The number of hydrogen-bond donors (Lipinski definition) is 2. The molecule has 0 saturated carbocycles. The van der Waals surface area contributed by atoms with Gasteiger partial charge in [0.15, 0.2) is 12.4 Å². The predicted molar refractivity (Wildman–Crippen MR) is 160 cm³/mol. The minimum atomic E-state index is -0.496. The third-order valence-corrected chi connectivity index (χ3v) is 6.30. The molecule has 0 saturated heterocycles. The van der Waals surface area contributed by atoms with Crippen LogP contribution in [0.4, 0.5) is 5.69 Å². The molecule has 9 nitrogen and oxygen atoms in total. The van der Waals surface area contributed by atoms with E-state index in [2.05, 4.69) is 46.4 Å². The Morgan fingerprint density at radius 2 is 1.60 bits per heavy atom. The number of para-hydroxylation sites is 1. The first-order valence-electron chi connectivity index (χ1n) is 13.3. The Bertz CT molecular complexity index is 1670. The second-order valence-corrected chi connectivity index (χ2v) is 9.47. The van der Waals surface area contributed by atoms with E-state index in [1.807, 2.05) is 42.5 Å². The zero-order valence-electron chi connectivity index (χ0n) is 23.2. The minimum absolute atomic E-state index is 0.112. The van der Waals surface area contributed by atoms with E-state index in [1.54, 1.807) is 48.5 Å². The van der Waals surface area contributed by atoms with E-state index in [0.29, 0.717) is 28.5 Å². The molecule has 5 rings (SSSR count). The summed E-state index contributed by atoms with van der Waals surface area (Å²) in [5, 5.41) is 6.76. The van der Waals surface area contributed by atoms with Crippen LogP contribution in [-0.2, 0) is 11.4 Å². The van der Waals surface area contributed by atoms with Gasteiger partial charge in [0.05, 0.1) is 6.21 Å². The van der Waals surface area contributed by atoms with Crippen molar-refractivity contribution in [3.8, 4) is 17.2 Å². The first-order valence-corrected chi connectivity index (χ1v) is 13.3. The second-order valence-electron chi connectivity index (χ2n) is 9.47. The summed E-state index contributed by atoms with van der Waals surface area (Å²) in [4.78, 5) is 24.6. The van der Waals surface area contributed by atoms with E-state index in [4.69, 9.17) is 13.9 Å². The highest BCUT2D eigenvalue weighted by molar-refractivity contribution is 5.93. The van der Waals surface area contributed by atoms with Gasteiger partial charge in [-0.25, -0.2) is 5.43 Å². The third kappa shape index (κ3) is 7.33. The highest BCUT2D eigenvalue weighted by Crippen LogP contribution is 2.21. The number of carbonyl (C=O) groups is 2. The van der Waals surface area contributed by atoms with Crippen molar-refractivity contribution in [3.05, 3.63) is 132 Å². The number of hydrogen-bond acceptors (Lipinski definition) is 6. The van der Waals surface area contributed by atoms with Gasteiger partial charge in [0.1, 0.15) is 23.9 Å². The summed E-state index contributed by atoms with van der Waals surface area (Å²) in [5.41, 5.74) is 7.21. The Balaban J connectivity index is 1.08. The Labute approximate surface area is 243 Å². The highest BCUT2D eigenvalue weighted by Gasteiger charge is 2.11. The van der Waals surface area contributed by atoms with Gasteiger partial charge in [-0.2, -0.15) is 5.10 Å². The molecule has 0 unspecified atom stereocenters. The normalized spacial score (nSPS) is 10.9. The van der Waals surface area contributed by atoms with Gasteiger partial charge in [0, 0.05) is 22.8 Å². The van der Waals surface area contributed by atoms with Crippen molar-refractivity contribution in [1.29, 1.82) is 0 Å². The molecule has 0 aliphatic rings. The van der Waals surface area contributed by atoms with E-state index in [-0.39, 0.29) is 24.9 Å². The Hall–Kier alpha value is -5.57. The van der Waals surface area contributed by atoms with Crippen LogP contribution in [0.2, 0.25) is 0 Å². The number of nitrogens with zero attached hydrogens (tertiary/aromatic N) is 2. The Morgan fingerprint density at radius 1 is 0.833 bits per heavy atom. The maximum Gasteiger partial charge on any atom is 0.307 e. The number of furan rings is 1. The first kappa shape index (κ1) is 28.0. The van der Waals surface area contributed by atoms with Gasteiger partial charge in [0.2, 0.25) is 0 Å². The average Bonchev–Trinajstić information content (AvgIpc) is 3.62. The molecule has 0 spiro atoms. The molecule has 2 amide bonds. The van der Waals surface area contributed by atoms with Gasteiger partial charge in [-0.1, -0.05) is 30.3 Å². The summed E-state index contributed by atoms with van der Waals surface area (Å²) in [5.74, 6) is 1.04. The zero-order chi connectivity index (χ0) is 29.3.